The molecular formula is C12H20O5. The lowest BCUT2D eigenvalue weighted by molar-refractivity contribution is -0.242. The van der Waals surface area contributed by atoms with Gasteiger partial charge in [-0.3, -0.25) is 0 Å². The summed E-state index contributed by atoms with van der Waals surface area (Å²) < 4.78 is 22.7. The van der Waals surface area contributed by atoms with E-state index in [4.69, 9.17) is 18.9 Å². The minimum atomic E-state index is -0.618. The summed E-state index contributed by atoms with van der Waals surface area (Å²) in [5.41, 5.74) is 0. The maximum Gasteiger partial charge on any atom is 0.186 e. The molecular weight excluding hydrogens is 224 g/mol. The third kappa shape index (κ3) is 2.00. The highest BCUT2D eigenvalue weighted by molar-refractivity contribution is 4.95. The van der Waals surface area contributed by atoms with Crippen molar-refractivity contribution in [2.75, 3.05) is 13.7 Å². The number of aliphatic hydroxyl groups is 1. The van der Waals surface area contributed by atoms with E-state index in [1.807, 2.05) is 0 Å². The van der Waals surface area contributed by atoms with Gasteiger partial charge in [0.15, 0.2) is 12.1 Å². The summed E-state index contributed by atoms with van der Waals surface area (Å²) in [6.45, 7) is 0.249. The smallest absolute Gasteiger partial charge is 0.186 e. The van der Waals surface area contributed by atoms with Crippen LogP contribution in [0.5, 0.6) is 0 Å². The van der Waals surface area contributed by atoms with E-state index in [-0.39, 0.29) is 18.8 Å². The van der Waals surface area contributed by atoms with Gasteiger partial charge >= 0.3 is 0 Å². The average molecular weight is 244 g/mol. The third-order valence-electron chi connectivity index (χ3n) is 3.95. The Balaban J connectivity index is 1.77. The lowest BCUT2D eigenvalue weighted by atomic mass is 9.94. The predicted octanol–water partition coefficient (Wildman–Crippen LogP) is 0.794. The number of ether oxygens (including phenoxy) is 4. The molecule has 2 heterocycles. The standard InChI is InChI=1S/C12H20O5/c1-14-11-10-9(8(13)7-15-11)16-12(17-10)5-3-2-4-6-12/h8-11,13H,2-7H2,1H3/t8-,9+,10-,11+/m1/s1. The molecule has 5 heteroatoms. The van der Waals surface area contributed by atoms with Gasteiger partial charge in [0, 0.05) is 20.0 Å². The Morgan fingerprint density at radius 2 is 1.82 bits per heavy atom. The Bertz CT molecular complexity index is 276. The van der Waals surface area contributed by atoms with E-state index in [0.29, 0.717) is 0 Å². The first-order valence-electron chi connectivity index (χ1n) is 6.42. The van der Waals surface area contributed by atoms with Crippen molar-refractivity contribution in [1.29, 1.82) is 0 Å². The van der Waals surface area contributed by atoms with Crippen LogP contribution in [0.4, 0.5) is 0 Å². The minimum absolute atomic E-state index is 0.249. The fourth-order valence-corrected chi connectivity index (χ4v) is 3.08. The van der Waals surface area contributed by atoms with Gasteiger partial charge in [-0.15, -0.1) is 0 Å². The monoisotopic (exact) mass is 244 g/mol. The summed E-state index contributed by atoms with van der Waals surface area (Å²) in [5.74, 6) is -0.501. The quantitative estimate of drug-likeness (QED) is 0.739. The van der Waals surface area contributed by atoms with Gasteiger partial charge in [-0.25, -0.2) is 0 Å². The van der Waals surface area contributed by atoms with Crippen molar-refractivity contribution in [2.45, 2.75) is 62.5 Å². The Hall–Kier alpha value is -0.200. The lowest BCUT2D eigenvalue weighted by Gasteiger charge is -2.33. The fourth-order valence-electron chi connectivity index (χ4n) is 3.08. The summed E-state index contributed by atoms with van der Waals surface area (Å²) >= 11 is 0. The summed E-state index contributed by atoms with van der Waals surface area (Å²) in [5, 5.41) is 9.92. The van der Waals surface area contributed by atoms with Crippen molar-refractivity contribution in [3.05, 3.63) is 0 Å². The van der Waals surface area contributed by atoms with E-state index < -0.39 is 18.2 Å². The topological polar surface area (TPSA) is 57.2 Å². The molecule has 5 nitrogen and oxygen atoms in total. The molecule has 1 N–H and O–H groups in total. The molecule has 1 aliphatic carbocycles. The highest BCUT2D eigenvalue weighted by atomic mass is 16.8. The largest absolute Gasteiger partial charge is 0.388 e. The fraction of sp³-hybridized carbons (Fsp3) is 1.00. The van der Waals surface area contributed by atoms with Crippen LogP contribution < -0.4 is 0 Å². The molecule has 17 heavy (non-hydrogen) atoms. The van der Waals surface area contributed by atoms with E-state index in [0.717, 1.165) is 25.7 Å². The molecule has 3 rings (SSSR count). The Morgan fingerprint density at radius 1 is 1.12 bits per heavy atom. The maximum atomic E-state index is 9.92. The Morgan fingerprint density at radius 3 is 2.53 bits per heavy atom. The summed E-state index contributed by atoms with van der Waals surface area (Å²) in [6.07, 6.45) is 3.62. The number of hydrogen-bond donors (Lipinski definition) is 1. The second-order valence-electron chi connectivity index (χ2n) is 5.14. The molecule has 1 saturated carbocycles. The summed E-state index contributed by atoms with van der Waals surface area (Å²) in [4.78, 5) is 0. The second kappa shape index (κ2) is 4.48. The van der Waals surface area contributed by atoms with Gasteiger partial charge in [0.2, 0.25) is 0 Å². The molecule has 0 bridgehead atoms. The first-order valence-corrected chi connectivity index (χ1v) is 6.42. The van der Waals surface area contributed by atoms with Crippen molar-refractivity contribution in [3.63, 3.8) is 0 Å². The van der Waals surface area contributed by atoms with E-state index in [1.54, 1.807) is 7.11 Å². The zero-order valence-corrected chi connectivity index (χ0v) is 10.1. The van der Waals surface area contributed by atoms with Gasteiger partial charge in [0.25, 0.3) is 0 Å². The van der Waals surface area contributed by atoms with Gasteiger partial charge in [0.1, 0.15) is 18.3 Å². The summed E-state index contributed by atoms with van der Waals surface area (Å²) in [7, 11) is 1.59. The number of hydrogen-bond acceptors (Lipinski definition) is 5. The van der Waals surface area contributed by atoms with Gasteiger partial charge in [-0.1, -0.05) is 6.42 Å². The molecule has 2 saturated heterocycles. The van der Waals surface area contributed by atoms with Gasteiger partial charge in [-0.2, -0.15) is 0 Å². The molecule has 0 unspecified atom stereocenters. The summed E-state index contributed by atoms with van der Waals surface area (Å²) in [6, 6.07) is 0. The van der Waals surface area contributed by atoms with E-state index in [1.165, 1.54) is 6.42 Å². The third-order valence-corrected chi connectivity index (χ3v) is 3.95. The number of methoxy groups -OCH3 is 1. The van der Waals surface area contributed by atoms with Crippen LogP contribution in [0.3, 0.4) is 0 Å². The van der Waals surface area contributed by atoms with Crippen LogP contribution >= 0.6 is 0 Å². The number of aliphatic hydroxyl groups excluding tert-OH is 1. The highest BCUT2D eigenvalue weighted by Crippen LogP contribution is 2.43. The molecule has 1 spiro atoms. The van der Waals surface area contributed by atoms with Crippen molar-refractivity contribution in [2.24, 2.45) is 0 Å². The molecule has 4 atom stereocenters. The number of fused-ring (bicyclic) bond motifs is 1. The SMILES string of the molecule is CO[C@H]1OC[C@@H](O)[C@@H]2OC3(CCCCC3)O[C@@H]12. The molecule has 3 aliphatic rings. The molecule has 0 aromatic heterocycles. The Kier molecular flexibility index (Phi) is 3.13. The molecule has 98 valence electrons. The van der Waals surface area contributed by atoms with Gasteiger partial charge in [0.05, 0.1) is 6.61 Å². The predicted molar refractivity (Wildman–Crippen MR) is 58.3 cm³/mol. The van der Waals surface area contributed by atoms with E-state index in [2.05, 4.69) is 0 Å². The lowest BCUT2D eigenvalue weighted by Crippen LogP contribution is -2.51. The van der Waals surface area contributed by atoms with Crippen LogP contribution in [0.2, 0.25) is 0 Å². The van der Waals surface area contributed by atoms with Crippen LogP contribution in [-0.4, -0.2) is 49.2 Å². The molecule has 0 aromatic rings. The second-order valence-corrected chi connectivity index (χ2v) is 5.14. The normalized spacial score (nSPS) is 44.8. The van der Waals surface area contributed by atoms with Crippen LogP contribution in [-0.2, 0) is 18.9 Å². The maximum absolute atomic E-state index is 9.92. The molecule has 0 aromatic carbocycles. The molecule has 0 amide bonds. The van der Waals surface area contributed by atoms with E-state index in [9.17, 15) is 5.11 Å². The van der Waals surface area contributed by atoms with Crippen LogP contribution in [0, 0.1) is 0 Å². The molecule has 3 fully saturated rings. The van der Waals surface area contributed by atoms with Crippen LogP contribution in [0.25, 0.3) is 0 Å². The van der Waals surface area contributed by atoms with Crippen LogP contribution in [0.15, 0.2) is 0 Å². The van der Waals surface area contributed by atoms with Crippen molar-refractivity contribution in [1.82, 2.24) is 0 Å². The van der Waals surface area contributed by atoms with Crippen molar-refractivity contribution >= 4 is 0 Å². The minimum Gasteiger partial charge on any atom is -0.388 e. The molecule has 2 aliphatic heterocycles. The zero-order valence-electron chi connectivity index (χ0n) is 10.1. The van der Waals surface area contributed by atoms with Crippen molar-refractivity contribution in [3.8, 4) is 0 Å². The molecule has 0 radical (unpaired) electrons. The Labute approximate surface area is 101 Å². The van der Waals surface area contributed by atoms with Crippen molar-refractivity contribution < 1.29 is 24.1 Å². The highest BCUT2D eigenvalue weighted by Gasteiger charge is 2.55. The van der Waals surface area contributed by atoms with Gasteiger partial charge < -0.3 is 24.1 Å². The van der Waals surface area contributed by atoms with E-state index >= 15 is 0 Å². The first kappa shape index (κ1) is 11.9. The van der Waals surface area contributed by atoms with Crippen LogP contribution in [0.1, 0.15) is 32.1 Å². The van der Waals surface area contributed by atoms with Gasteiger partial charge in [-0.05, 0) is 12.8 Å². The zero-order chi connectivity index (χ0) is 11.9. The average Bonchev–Trinajstić information content (AvgIpc) is 2.71. The number of rotatable bonds is 1. The first-order chi connectivity index (χ1) is 8.24.